The van der Waals surface area contributed by atoms with Gasteiger partial charge in [-0.15, -0.1) is 0 Å². The standard InChI is InChI=1S/C11H12F3N3O2/c12-11(13,14)10-15-4-1-8(16-10)17-5-2-7(3-6-17)9(18)19/h1,4,7H,2-3,5-6H2,(H,18,19). The number of hydrogen-bond donors (Lipinski definition) is 1. The Morgan fingerprint density at radius 2 is 2.00 bits per heavy atom. The van der Waals surface area contributed by atoms with Gasteiger partial charge in [0.1, 0.15) is 5.82 Å². The summed E-state index contributed by atoms with van der Waals surface area (Å²) in [4.78, 5) is 19.1. The van der Waals surface area contributed by atoms with Crippen molar-refractivity contribution >= 4 is 11.8 Å². The molecule has 0 aromatic carbocycles. The van der Waals surface area contributed by atoms with E-state index in [4.69, 9.17) is 5.11 Å². The Kier molecular flexibility index (Phi) is 3.59. The van der Waals surface area contributed by atoms with Crippen molar-refractivity contribution in [2.75, 3.05) is 18.0 Å². The molecule has 0 bridgehead atoms. The summed E-state index contributed by atoms with van der Waals surface area (Å²) >= 11 is 0. The molecular weight excluding hydrogens is 263 g/mol. The van der Waals surface area contributed by atoms with E-state index in [2.05, 4.69) is 9.97 Å². The molecule has 0 atom stereocenters. The van der Waals surface area contributed by atoms with Crippen molar-refractivity contribution in [1.82, 2.24) is 9.97 Å². The topological polar surface area (TPSA) is 66.3 Å². The molecular formula is C11H12F3N3O2. The average molecular weight is 275 g/mol. The van der Waals surface area contributed by atoms with Crippen molar-refractivity contribution in [2.24, 2.45) is 5.92 Å². The van der Waals surface area contributed by atoms with Crippen LogP contribution in [-0.4, -0.2) is 34.1 Å². The minimum atomic E-state index is -4.57. The smallest absolute Gasteiger partial charge is 0.451 e. The Labute approximate surface area is 107 Å². The van der Waals surface area contributed by atoms with Crippen LogP contribution in [-0.2, 0) is 11.0 Å². The maximum Gasteiger partial charge on any atom is 0.451 e. The average Bonchev–Trinajstić information content (AvgIpc) is 2.38. The molecule has 19 heavy (non-hydrogen) atoms. The highest BCUT2D eigenvalue weighted by atomic mass is 19.4. The number of nitrogens with zero attached hydrogens (tertiary/aromatic N) is 3. The number of halogens is 3. The van der Waals surface area contributed by atoms with Crippen LogP contribution < -0.4 is 4.90 Å². The summed E-state index contributed by atoms with van der Waals surface area (Å²) in [5.74, 6) is -2.28. The second-order valence-electron chi connectivity index (χ2n) is 4.34. The molecule has 1 N–H and O–H groups in total. The van der Waals surface area contributed by atoms with Gasteiger partial charge < -0.3 is 10.0 Å². The van der Waals surface area contributed by atoms with E-state index in [0.29, 0.717) is 25.9 Å². The van der Waals surface area contributed by atoms with Gasteiger partial charge in [-0.05, 0) is 18.9 Å². The zero-order chi connectivity index (χ0) is 14.0. The second-order valence-corrected chi connectivity index (χ2v) is 4.34. The van der Waals surface area contributed by atoms with Gasteiger partial charge in [-0.1, -0.05) is 0 Å². The lowest BCUT2D eigenvalue weighted by Gasteiger charge is -2.31. The van der Waals surface area contributed by atoms with E-state index in [1.165, 1.54) is 6.07 Å². The lowest BCUT2D eigenvalue weighted by atomic mass is 9.97. The summed E-state index contributed by atoms with van der Waals surface area (Å²) in [6.45, 7) is 0.760. The van der Waals surface area contributed by atoms with Crippen LogP contribution in [0.1, 0.15) is 18.7 Å². The minimum absolute atomic E-state index is 0.186. The third kappa shape index (κ3) is 3.12. The van der Waals surface area contributed by atoms with Gasteiger partial charge in [-0.3, -0.25) is 4.79 Å². The van der Waals surface area contributed by atoms with E-state index in [1.807, 2.05) is 0 Å². The van der Waals surface area contributed by atoms with Crippen LogP contribution >= 0.6 is 0 Å². The summed E-state index contributed by atoms with van der Waals surface area (Å²) in [6, 6.07) is 1.40. The minimum Gasteiger partial charge on any atom is -0.481 e. The normalized spacial score (nSPS) is 17.5. The first-order valence-electron chi connectivity index (χ1n) is 5.76. The first-order chi connectivity index (χ1) is 8.88. The summed E-state index contributed by atoms with van der Waals surface area (Å²) in [5, 5.41) is 8.85. The van der Waals surface area contributed by atoms with Crippen molar-refractivity contribution < 1.29 is 23.1 Å². The van der Waals surface area contributed by atoms with Crippen LogP contribution in [0, 0.1) is 5.92 Å². The van der Waals surface area contributed by atoms with Crippen LogP contribution in [0.5, 0.6) is 0 Å². The molecule has 0 radical (unpaired) electrons. The highest BCUT2D eigenvalue weighted by molar-refractivity contribution is 5.70. The number of aromatic nitrogens is 2. The van der Waals surface area contributed by atoms with Gasteiger partial charge in [0.2, 0.25) is 5.82 Å². The van der Waals surface area contributed by atoms with E-state index in [0.717, 1.165) is 6.20 Å². The third-order valence-electron chi connectivity index (χ3n) is 3.06. The summed E-state index contributed by atoms with van der Waals surface area (Å²) in [7, 11) is 0. The van der Waals surface area contributed by atoms with E-state index >= 15 is 0 Å². The number of hydrogen-bond acceptors (Lipinski definition) is 4. The Morgan fingerprint density at radius 3 is 2.53 bits per heavy atom. The fraction of sp³-hybridized carbons (Fsp3) is 0.545. The molecule has 1 saturated heterocycles. The van der Waals surface area contributed by atoms with Gasteiger partial charge in [0.05, 0.1) is 5.92 Å². The van der Waals surface area contributed by atoms with Crippen molar-refractivity contribution in [3.8, 4) is 0 Å². The molecule has 8 heteroatoms. The van der Waals surface area contributed by atoms with E-state index in [9.17, 15) is 18.0 Å². The number of alkyl halides is 3. The summed E-state index contributed by atoms with van der Waals surface area (Å²) in [5.41, 5.74) is 0. The van der Waals surface area contributed by atoms with Crippen molar-refractivity contribution in [1.29, 1.82) is 0 Å². The number of aliphatic carboxylic acids is 1. The second kappa shape index (κ2) is 5.02. The number of piperidine rings is 1. The third-order valence-corrected chi connectivity index (χ3v) is 3.06. The highest BCUT2D eigenvalue weighted by Gasteiger charge is 2.35. The number of rotatable bonds is 2. The SMILES string of the molecule is O=C(O)C1CCN(c2ccnc(C(F)(F)F)n2)CC1. The monoisotopic (exact) mass is 275 g/mol. The fourth-order valence-corrected chi connectivity index (χ4v) is 2.02. The number of carboxylic acids is 1. The molecule has 0 spiro atoms. The van der Waals surface area contributed by atoms with Gasteiger partial charge in [-0.25, -0.2) is 9.97 Å². The molecule has 0 unspecified atom stereocenters. The lowest BCUT2D eigenvalue weighted by Crippen LogP contribution is -2.37. The van der Waals surface area contributed by atoms with Gasteiger partial charge >= 0.3 is 12.1 Å². The molecule has 1 fully saturated rings. The van der Waals surface area contributed by atoms with Crippen LogP contribution in [0.2, 0.25) is 0 Å². The molecule has 5 nitrogen and oxygen atoms in total. The predicted molar refractivity (Wildman–Crippen MR) is 59.6 cm³/mol. The van der Waals surface area contributed by atoms with Gasteiger partial charge in [-0.2, -0.15) is 13.2 Å². The Morgan fingerprint density at radius 1 is 1.37 bits per heavy atom. The number of carboxylic acid groups (broad SMARTS) is 1. The lowest BCUT2D eigenvalue weighted by molar-refractivity contribution is -0.145. The van der Waals surface area contributed by atoms with Crippen molar-refractivity contribution in [3.05, 3.63) is 18.1 Å². The van der Waals surface area contributed by atoms with E-state index < -0.39 is 23.9 Å². The molecule has 0 aliphatic carbocycles. The van der Waals surface area contributed by atoms with Gasteiger partial charge in [0.15, 0.2) is 0 Å². The van der Waals surface area contributed by atoms with E-state index in [1.54, 1.807) is 4.90 Å². The molecule has 0 saturated carbocycles. The molecule has 1 aromatic rings. The molecule has 1 aliphatic heterocycles. The molecule has 1 aromatic heterocycles. The first kappa shape index (κ1) is 13.6. The van der Waals surface area contributed by atoms with Crippen molar-refractivity contribution in [3.63, 3.8) is 0 Å². The quantitative estimate of drug-likeness (QED) is 0.891. The van der Waals surface area contributed by atoms with Crippen LogP contribution in [0.3, 0.4) is 0 Å². The first-order valence-corrected chi connectivity index (χ1v) is 5.76. The summed E-state index contributed by atoms with van der Waals surface area (Å²) in [6.07, 6.45) is -2.70. The van der Waals surface area contributed by atoms with E-state index in [-0.39, 0.29) is 5.82 Å². The molecule has 104 valence electrons. The zero-order valence-corrected chi connectivity index (χ0v) is 9.89. The van der Waals surface area contributed by atoms with Gasteiger partial charge in [0, 0.05) is 19.3 Å². The van der Waals surface area contributed by atoms with Crippen LogP contribution in [0.25, 0.3) is 0 Å². The molecule has 1 aliphatic rings. The molecule has 0 amide bonds. The Bertz CT molecular complexity index is 470. The highest BCUT2D eigenvalue weighted by Crippen LogP contribution is 2.28. The largest absolute Gasteiger partial charge is 0.481 e. The predicted octanol–water partition coefficient (Wildman–Crippen LogP) is 1.80. The van der Waals surface area contributed by atoms with Crippen LogP contribution in [0.15, 0.2) is 12.3 Å². The number of anilines is 1. The van der Waals surface area contributed by atoms with Crippen molar-refractivity contribution in [2.45, 2.75) is 19.0 Å². The molecule has 2 rings (SSSR count). The molecule has 2 heterocycles. The van der Waals surface area contributed by atoms with Gasteiger partial charge in [0.25, 0.3) is 0 Å². The summed E-state index contributed by atoms with van der Waals surface area (Å²) < 4.78 is 37.4. The maximum atomic E-state index is 12.5. The zero-order valence-electron chi connectivity index (χ0n) is 9.89. The van der Waals surface area contributed by atoms with Crippen LogP contribution in [0.4, 0.5) is 19.0 Å². The number of carbonyl (C=O) groups is 1. The fourth-order valence-electron chi connectivity index (χ4n) is 2.02. The Hall–Kier alpha value is -1.86. The maximum absolute atomic E-state index is 12.5. The Balaban J connectivity index is 2.10.